The van der Waals surface area contributed by atoms with E-state index in [-0.39, 0.29) is 24.9 Å². The molecular formula is C10H18O3. The minimum absolute atomic E-state index is 0.0555. The lowest BCUT2D eigenvalue weighted by molar-refractivity contribution is -0.161. The highest BCUT2D eigenvalue weighted by Gasteiger charge is 2.28. The molecule has 1 aliphatic heterocycles. The molecule has 0 aromatic rings. The van der Waals surface area contributed by atoms with Crippen LogP contribution in [0.15, 0.2) is 12.2 Å². The summed E-state index contributed by atoms with van der Waals surface area (Å²) < 4.78 is 10.7. The number of hydrogen-bond acceptors (Lipinski definition) is 3. The molecule has 0 saturated carbocycles. The molecule has 4 atom stereocenters. The van der Waals surface area contributed by atoms with E-state index in [1.54, 1.807) is 7.11 Å². The number of hydrogen-bond donors (Lipinski definition) is 1. The molecular weight excluding hydrogens is 168 g/mol. The lowest BCUT2D eigenvalue weighted by atomic mass is 9.92. The van der Waals surface area contributed by atoms with E-state index in [1.807, 2.05) is 13.0 Å². The Balaban J connectivity index is 2.59. The molecule has 76 valence electrons. The van der Waals surface area contributed by atoms with Crippen molar-refractivity contribution in [2.45, 2.75) is 26.2 Å². The van der Waals surface area contributed by atoms with Gasteiger partial charge in [-0.25, -0.2) is 0 Å². The molecule has 0 fully saturated rings. The number of ether oxygens (including phenoxy) is 2. The van der Waals surface area contributed by atoms with Crippen LogP contribution in [0.25, 0.3) is 0 Å². The maximum absolute atomic E-state index is 9.02. The van der Waals surface area contributed by atoms with Crippen LogP contribution in [0, 0.1) is 11.8 Å². The Morgan fingerprint density at radius 1 is 1.54 bits per heavy atom. The summed E-state index contributed by atoms with van der Waals surface area (Å²) in [6, 6.07) is 0. The predicted molar refractivity (Wildman–Crippen MR) is 50.2 cm³/mol. The van der Waals surface area contributed by atoms with Crippen molar-refractivity contribution in [2.75, 3.05) is 13.7 Å². The van der Waals surface area contributed by atoms with Crippen molar-refractivity contribution in [3.8, 4) is 0 Å². The molecule has 0 aromatic carbocycles. The first-order valence-electron chi connectivity index (χ1n) is 4.66. The monoisotopic (exact) mass is 186 g/mol. The predicted octanol–water partition coefficient (Wildman–Crippen LogP) is 1.18. The molecule has 1 rings (SSSR count). The number of methoxy groups -OCH3 is 1. The summed E-state index contributed by atoms with van der Waals surface area (Å²) >= 11 is 0. The van der Waals surface area contributed by atoms with Crippen LogP contribution in [-0.4, -0.2) is 31.2 Å². The first-order valence-corrected chi connectivity index (χ1v) is 4.66. The zero-order valence-electron chi connectivity index (χ0n) is 8.43. The fraction of sp³-hybridized carbons (Fsp3) is 0.800. The highest BCUT2D eigenvalue weighted by molar-refractivity contribution is 4.98. The highest BCUT2D eigenvalue weighted by Crippen LogP contribution is 2.24. The SMILES string of the molecule is COC1C=CC(C)C(C(C)CO)O1. The van der Waals surface area contributed by atoms with Gasteiger partial charge >= 0.3 is 0 Å². The average Bonchev–Trinajstić information content (AvgIpc) is 2.17. The van der Waals surface area contributed by atoms with E-state index in [4.69, 9.17) is 14.6 Å². The van der Waals surface area contributed by atoms with Crippen molar-refractivity contribution in [1.82, 2.24) is 0 Å². The van der Waals surface area contributed by atoms with Crippen LogP contribution in [0.4, 0.5) is 0 Å². The Labute approximate surface area is 79.3 Å². The van der Waals surface area contributed by atoms with Crippen molar-refractivity contribution in [3.63, 3.8) is 0 Å². The zero-order valence-corrected chi connectivity index (χ0v) is 8.43. The Kier molecular flexibility index (Phi) is 3.90. The summed E-state index contributed by atoms with van der Waals surface area (Å²) in [7, 11) is 1.62. The Morgan fingerprint density at radius 2 is 2.23 bits per heavy atom. The first kappa shape index (κ1) is 10.7. The van der Waals surface area contributed by atoms with E-state index in [2.05, 4.69) is 13.0 Å². The molecule has 13 heavy (non-hydrogen) atoms. The van der Waals surface area contributed by atoms with Crippen molar-refractivity contribution < 1.29 is 14.6 Å². The minimum Gasteiger partial charge on any atom is -0.396 e. The zero-order chi connectivity index (χ0) is 9.84. The van der Waals surface area contributed by atoms with Crippen LogP contribution in [-0.2, 0) is 9.47 Å². The van der Waals surface area contributed by atoms with Crippen LogP contribution in [0.1, 0.15) is 13.8 Å². The van der Waals surface area contributed by atoms with Gasteiger partial charge in [0.25, 0.3) is 0 Å². The van der Waals surface area contributed by atoms with Crippen molar-refractivity contribution in [3.05, 3.63) is 12.2 Å². The van der Waals surface area contributed by atoms with Crippen LogP contribution < -0.4 is 0 Å². The summed E-state index contributed by atoms with van der Waals surface area (Å²) in [5, 5.41) is 9.02. The Bertz CT molecular complexity index is 179. The van der Waals surface area contributed by atoms with Gasteiger partial charge in [-0.05, 0) is 6.08 Å². The van der Waals surface area contributed by atoms with Crippen LogP contribution in [0.5, 0.6) is 0 Å². The lowest BCUT2D eigenvalue weighted by Gasteiger charge is -2.33. The van der Waals surface area contributed by atoms with Gasteiger partial charge in [0.15, 0.2) is 6.29 Å². The van der Waals surface area contributed by atoms with Gasteiger partial charge in [0.05, 0.1) is 6.10 Å². The standard InChI is InChI=1S/C10H18O3/c1-7-4-5-9(12-3)13-10(7)8(2)6-11/h4-5,7-11H,6H2,1-3H3. The number of aliphatic hydroxyl groups excluding tert-OH is 1. The Morgan fingerprint density at radius 3 is 2.77 bits per heavy atom. The first-order chi connectivity index (χ1) is 6.19. The van der Waals surface area contributed by atoms with E-state index < -0.39 is 0 Å². The van der Waals surface area contributed by atoms with Crippen molar-refractivity contribution >= 4 is 0 Å². The Hall–Kier alpha value is -0.380. The van der Waals surface area contributed by atoms with Crippen LogP contribution >= 0.6 is 0 Å². The second-order valence-corrected chi connectivity index (χ2v) is 3.61. The molecule has 4 unspecified atom stereocenters. The summed E-state index contributed by atoms with van der Waals surface area (Å²) in [6.45, 7) is 4.21. The van der Waals surface area contributed by atoms with Gasteiger partial charge < -0.3 is 14.6 Å². The fourth-order valence-corrected chi connectivity index (χ4v) is 1.59. The third-order valence-corrected chi connectivity index (χ3v) is 2.46. The summed E-state index contributed by atoms with van der Waals surface area (Å²) in [5.41, 5.74) is 0. The average molecular weight is 186 g/mol. The van der Waals surface area contributed by atoms with Crippen LogP contribution in [0.3, 0.4) is 0 Å². The van der Waals surface area contributed by atoms with E-state index in [0.29, 0.717) is 5.92 Å². The molecule has 0 saturated heterocycles. The van der Waals surface area contributed by atoms with Gasteiger partial charge in [0.2, 0.25) is 0 Å². The van der Waals surface area contributed by atoms with Gasteiger partial charge in [-0.15, -0.1) is 0 Å². The number of rotatable bonds is 3. The largest absolute Gasteiger partial charge is 0.396 e. The molecule has 0 amide bonds. The molecule has 1 N–H and O–H groups in total. The molecule has 0 bridgehead atoms. The molecule has 0 spiro atoms. The van der Waals surface area contributed by atoms with Gasteiger partial charge in [0, 0.05) is 25.6 Å². The van der Waals surface area contributed by atoms with Crippen molar-refractivity contribution in [1.29, 1.82) is 0 Å². The normalized spacial score (nSPS) is 36.2. The van der Waals surface area contributed by atoms with Crippen LogP contribution in [0.2, 0.25) is 0 Å². The van der Waals surface area contributed by atoms with Gasteiger partial charge in [0.1, 0.15) is 0 Å². The van der Waals surface area contributed by atoms with Gasteiger partial charge in [-0.1, -0.05) is 19.9 Å². The van der Waals surface area contributed by atoms with Gasteiger partial charge in [-0.3, -0.25) is 0 Å². The highest BCUT2D eigenvalue weighted by atomic mass is 16.7. The smallest absolute Gasteiger partial charge is 0.176 e. The van der Waals surface area contributed by atoms with E-state index in [0.717, 1.165) is 0 Å². The van der Waals surface area contributed by atoms with Gasteiger partial charge in [-0.2, -0.15) is 0 Å². The second kappa shape index (κ2) is 4.74. The molecule has 0 aliphatic carbocycles. The van der Waals surface area contributed by atoms with E-state index >= 15 is 0 Å². The second-order valence-electron chi connectivity index (χ2n) is 3.61. The molecule has 0 radical (unpaired) electrons. The number of aliphatic hydroxyl groups is 1. The topological polar surface area (TPSA) is 38.7 Å². The molecule has 0 aromatic heterocycles. The third-order valence-electron chi connectivity index (χ3n) is 2.46. The molecule has 3 heteroatoms. The lowest BCUT2D eigenvalue weighted by Crippen LogP contribution is -2.37. The summed E-state index contributed by atoms with van der Waals surface area (Å²) in [6.07, 6.45) is 3.79. The summed E-state index contributed by atoms with van der Waals surface area (Å²) in [5.74, 6) is 0.492. The van der Waals surface area contributed by atoms with E-state index in [9.17, 15) is 0 Å². The van der Waals surface area contributed by atoms with E-state index in [1.165, 1.54) is 0 Å². The van der Waals surface area contributed by atoms with Crippen molar-refractivity contribution in [2.24, 2.45) is 11.8 Å². The quantitative estimate of drug-likeness (QED) is 0.673. The third kappa shape index (κ3) is 2.53. The molecule has 3 nitrogen and oxygen atoms in total. The molecule has 1 aliphatic rings. The minimum atomic E-state index is -0.254. The maximum atomic E-state index is 9.02. The fourth-order valence-electron chi connectivity index (χ4n) is 1.59. The molecule has 1 heterocycles. The maximum Gasteiger partial charge on any atom is 0.176 e. The summed E-state index contributed by atoms with van der Waals surface area (Å²) in [4.78, 5) is 0.